The van der Waals surface area contributed by atoms with Gasteiger partial charge in [0.25, 0.3) is 5.91 Å². The van der Waals surface area contributed by atoms with E-state index >= 15 is 0 Å². The normalized spacial score (nSPS) is 13.5. The van der Waals surface area contributed by atoms with Crippen LogP contribution in [0, 0.1) is 0 Å². The largest absolute Gasteiger partial charge is 0.376 e. The van der Waals surface area contributed by atoms with Gasteiger partial charge in [0.05, 0.1) is 18.1 Å². The molecule has 0 aromatic carbocycles. The number of alkyl halides is 1. The van der Waals surface area contributed by atoms with Crippen molar-refractivity contribution in [2.45, 2.75) is 12.4 Å². The first-order valence-corrected chi connectivity index (χ1v) is 5.29. The van der Waals surface area contributed by atoms with Gasteiger partial charge in [-0.05, 0) is 0 Å². The van der Waals surface area contributed by atoms with Crippen LogP contribution in [0.5, 0.6) is 5.75 Å². The lowest BCUT2D eigenvalue weighted by molar-refractivity contribution is -0.159. The summed E-state index contributed by atoms with van der Waals surface area (Å²) in [4.78, 5) is 21.0. The molecule has 2 heterocycles. The fourth-order valence-corrected chi connectivity index (χ4v) is 1.74. The van der Waals surface area contributed by atoms with Gasteiger partial charge < -0.3 is 9.57 Å². The number of methoxy groups -OCH3 is 1. The maximum Gasteiger partial charge on any atom is 0.281 e. The van der Waals surface area contributed by atoms with E-state index in [9.17, 15) is 4.79 Å². The predicted octanol–water partition coefficient (Wildman–Crippen LogP) is 1.10. The average Bonchev–Trinajstić information content (AvgIpc) is 2.72. The molecule has 0 fully saturated rings. The van der Waals surface area contributed by atoms with Crippen molar-refractivity contribution >= 4 is 17.5 Å². The van der Waals surface area contributed by atoms with Crippen molar-refractivity contribution in [3.63, 3.8) is 0 Å². The zero-order valence-electron chi connectivity index (χ0n) is 8.77. The van der Waals surface area contributed by atoms with Crippen LogP contribution < -0.4 is 4.84 Å². The summed E-state index contributed by atoms with van der Waals surface area (Å²) < 4.78 is 4.76. The van der Waals surface area contributed by atoms with Crippen LogP contribution in [0.1, 0.15) is 11.3 Å². The maximum atomic E-state index is 11.5. The summed E-state index contributed by atoms with van der Waals surface area (Å²) >= 11 is 5.75. The number of hydrogen-bond donors (Lipinski definition) is 0. The molecular formula is C10H11ClN2O3. The van der Waals surface area contributed by atoms with Crippen molar-refractivity contribution in [3.8, 4) is 5.75 Å². The molecule has 0 N–H and O–H groups in total. The highest BCUT2D eigenvalue weighted by Crippen LogP contribution is 2.30. The SMILES string of the molecule is COCC(=O)N1Cc2c(ccnc2CCl)O1. The number of aromatic nitrogens is 1. The van der Waals surface area contributed by atoms with Gasteiger partial charge in [-0.15, -0.1) is 11.6 Å². The number of carbonyl (C=O) groups is 1. The first-order valence-electron chi connectivity index (χ1n) is 4.76. The van der Waals surface area contributed by atoms with E-state index in [1.807, 2.05) is 0 Å². The highest BCUT2D eigenvalue weighted by molar-refractivity contribution is 6.17. The summed E-state index contributed by atoms with van der Waals surface area (Å²) in [5, 5.41) is 1.26. The summed E-state index contributed by atoms with van der Waals surface area (Å²) in [6.45, 7) is 0.366. The Morgan fingerprint density at radius 3 is 3.25 bits per heavy atom. The third-order valence-electron chi connectivity index (χ3n) is 2.28. The molecule has 0 unspecified atom stereocenters. The Labute approximate surface area is 97.9 Å². The molecule has 1 aromatic rings. The average molecular weight is 243 g/mol. The van der Waals surface area contributed by atoms with E-state index in [0.717, 1.165) is 11.3 Å². The summed E-state index contributed by atoms with van der Waals surface area (Å²) in [6.07, 6.45) is 1.61. The second-order valence-corrected chi connectivity index (χ2v) is 3.59. The molecule has 0 aliphatic carbocycles. The number of carbonyl (C=O) groups excluding carboxylic acids is 1. The highest BCUT2D eigenvalue weighted by atomic mass is 35.5. The molecule has 5 nitrogen and oxygen atoms in total. The third kappa shape index (κ3) is 1.96. The molecule has 0 radical (unpaired) electrons. The molecule has 0 spiro atoms. The number of halogens is 1. The molecular weight excluding hydrogens is 232 g/mol. The lowest BCUT2D eigenvalue weighted by Gasteiger charge is -2.13. The first-order chi connectivity index (χ1) is 7.76. The van der Waals surface area contributed by atoms with Crippen LogP contribution in [0.3, 0.4) is 0 Å². The van der Waals surface area contributed by atoms with Crippen LogP contribution in [0.25, 0.3) is 0 Å². The number of rotatable bonds is 3. The molecule has 1 aliphatic heterocycles. The van der Waals surface area contributed by atoms with Crippen LogP contribution in [0.15, 0.2) is 12.3 Å². The number of nitrogens with zero attached hydrogens (tertiary/aromatic N) is 2. The molecule has 1 amide bonds. The second-order valence-electron chi connectivity index (χ2n) is 3.32. The summed E-state index contributed by atoms with van der Waals surface area (Å²) in [5.41, 5.74) is 1.61. The summed E-state index contributed by atoms with van der Waals surface area (Å²) in [7, 11) is 1.47. The third-order valence-corrected chi connectivity index (χ3v) is 2.54. The van der Waals surface area contributed by atoms with E-state index in [0.29, 0.717) is 18.2 Å². The number of ether oxygens (including phenoxy) is 1. The number of hydrogen-bond acceptors (Lipinski definition) is 4. The van der Waals surface area contributed by atoms with E-state index in [2.05, 4.69) is 4.98 Å². The second kappa shape index (κ2) is 4.67. The number of hydroxylamine groups is 2. The monoisotopic (exact) mass is 242 g/mol. The van der Waals surface area contributed by atoms with Crippen molar-refractivity contribution in [2.24, 2.45) is 0 Å². The molecule has 2 rings (SSSR count). The van der Waals surface area contributed by atoms with Gasteiger partial charge in [0.15, 0.2) is 5.75 Å². The first kappa shape index (κ1) is 11.2. The lowest BCUT2D eigenvalue weighted by Crippen LogP contribution is -2.32. The molecule has 0 saturated carbocycles. The minimum absolute atomic E-state index is 0.00236. The Balaban J connectivity index is 2.17. The van der Waals surface area contributed by atoms with E-state index in [1.54, 1.807) is 12.3 Å². The van der Waals surface area contributed by atoms with Gasteiger partial charge in [0.1, 0.15) is 6.61 Å². The van der Waals surface area contributed by atoms with Crippen molar-refractivity contribution in [1.29, 1.82) is 0 Å². The fraction of sp³-hybridized carbons (Fsp3) is 0.400. The quantitative estimate of drug-likeness (QED) is 0.745. The molecule has 0 atom stereocenters. The Hall–Kier alpha value is -1.33. The minimum Gasteiger partial charge on any atom is -0.376 e. The Bertz CT molecular complexity index is 411. The molecule has 6 heteroatoms. The van der Waals surface area contributed by atoms with Crippen molar-refractivity contribution in [1.82, 2.24) is 10.0 Å². The van der Waals surface area contributed by atoms with Gasteiger partial charge in [-0.1, -0.05) is 0 Å². The zero-order chi connectivity index (χ0) is 11.5. The van der Waals surface area contributed by atoms with Crippen LogP contribution in [-0.4, -0.2) is 29.7 Å². The minimum atomic E-state index is -0.223. The van der Waals surface area contributed by atoms with Crippen molar-refractivity contribution in [3.05, 3.63) is 23.5 Å². The van der Waals surface area contributed by atoms with Gasteiger partial charge in [0, 0.05) is 24.9 Å². The number of fused-ring (bicyclic) bond motifs is 1. The van der Waals surface area contributed by atoms with E-state index < -0.39 is 0 Å². The highest BCUT2D eigenvalue weighted by Gasteiger charge is 2.27. The van der Waals surface area contributed by atoms with Crippen molar-refractivity contribution in [2.75, 3.05) is 13.7 Å². The van der Waals surface area contributed by atoms with E-state index in [1.165, 1.54) is 12.2 Å². The van der Waals surface area contributed by atoms with E-state index in [-0.39, 0.29) is 12.5 Å². The molecule has 86 valence electrons. The van der Waals surface area contributed by atoms with Gasteiger partial charge in [-0.25, -0.2) is 0 Å². The van der Waals surface area contributed by atoms with Crippen LogP contribution in [0.2, 0.25) is 0 Å². The fourth-order valence-electron chi connectivity index (χ4n) is 1.51. The van der Waals surface area contributed by atoms with Crippen LogP contribution in [0.4, 0.5) is 0 Å². The Morgan fingerprint density at radius 2 is 2.56 bits per heavy atom. The van der Waals surface area contributed by atoms with Crippen LogP contribution in [-0.2, 0) is 22.0 Å². The van der Waals surface area contributed by atoms with E-state index in [4.69, 9.17) is 21.2 Å². The Kier molecular flexibility index (Phi) is 3.26. The molecule has 1 aromatic heterocycles. The van der Waals surface area contributed by atoms with Gasteiger partial charge in [0.2, 0.25) is 0 Å². The maximum absolute atomic E-state index is 11.5. The summed E-state index contributed by atoms with van der Waals surface area (Å²) in [5.74, 6) is 0.716. The predicted molar refractivity (Wildman–Crippen MR) is 56.8 cm³/mol. The smallest absolute Gasteiger partial charge is 0.281 e. The zero-order valence-corrected chi connectivity index (χ0v) is 9.53. The van der Waals surface area contributed by atoms with Gasteiger partial charge in [-0.3, -0.25) is 9.78 Å². The molecule has 1 aliphatic rings. The number of amides is 1. The topological polar surface area (TPSA) is 51.7 Å². The van der Waals surface area contributed by atoms with Gasteiger partial charge in [-0.2, -0.15) is 5.06 Å². The van der Waals surface area contributed by atoms with Gasteiger partial charge >= 0.3 is 0 Å². The number of pyridine rings is 1. The van der Waals surface area contributed by atoms with Crippen molar-refractivity contribution < 1.29 is 14.4 Å². The summed E-state index contributed by atoms with van der Waals surface area (Å²) in [6, 6.07) is 1.71. The Morgan fingerprint density at radius 1 is 1.75 bits per heavy atom. The molecule has 16 heavy (non-hydrogen) atoms. The molecule has 0 saturated heterocycles. The molecule has 0 bridgehead atoms. The standard InChI is InChI=1S/C10H11ClN2O3/c1-15-6-10(14)13-5-7-8(4-11)12-3-2-9(7)16-13/h2-3H,4-6H2,1H3. The lowest BCUT2D eigenvalue weighted by atomic mass is 10.2. The van der Waals surface area contributed by atoms with Crippen LogP contribution >= 0.6 is 11.6 Å².